The maximum absolute atomic E-state index is 11.8. The van der Waals surface area contributed by atoms with Crippen LogP contribution in [0.25, 0.3) is 0 Å². The highest BCUT2D eigenvalue weighted by atomic mass is 16.4. The van der Waals surface area contributed by atoms with Gasteiger partial charge in [-0.1, -0.05) is 6.42 Å². The summed E-state index contributed by atoms with van der Waals surface area (Å²) in [6.45, 7) is 3.72. The summed E-state index contributed by atoms with van der Waals surface area (Å²) in [5.74, 6) is -2.15. The largest absolute Gasteiger partial charge is 0.481 e. The van der Waals surface area contributed by atoms with Crippen LogP contribution >= 0.6 is 0 Å². The van der Waals surface area contributed by atoms with Crippen molar-refractivity contribution in [3.8, 4) is 6.07 Å². The number of hydrogen-bond acceptors (Lipinski definition) is 3. The molecule has 17 heavy (non-hydrogen) atoms. The average Bonchev–Trinajstić information content (AvgIpc) is 2.75. The fourth-order valence-electron chi connectivity index (χ4n) is 2.05. The summed E-state index contributed by atoms with van der Waals surface area (Å²) < 4.78 is 0. The Hall–Kier alpha value is -1.57. The molecule has 2 atom stereocenters. The average molecular weight is 238 g/mol. The lowest BCUT2D eigenvalue weighted by atomic mass is 9.93. The summed E-state index contributed by atoms with van der Waals surface area (Å²) in [6, 6.07) is 2.09. The van der Waals surface area contributed by atoms with Gasteiger partial charge in [-0.2, -0.15) is 5.26 Å². The van der Waals surface area contributed by atoms with Crippen molar-refractivity contribution in [2.45, 2.75) is 33.1 Å². The molecule has 0 aromatic heterocycles. The van der Waals surface area contributed by atoms with Gasteiger partial charge in [-0.3, -0.25) is 9.59 Å². The van der Waals surface area contributed by atoms with E-state index in [0.717, 1.165) is 6.42 Å². The third-order valence-electron chi connectivity index (χ3n) is 3.18. The van der Waals surface area contributed by atoms with E-state index in [1.54, 1.807) is 13.8 Å². The molecule has 0 aromatic rings. The molecule has 1 amide bonds. The number of carbonyl (C=O) groups excluding carboxylic acids is 1. The van der Waals surface area contributed by atoms with Crippen LogP contribution in [-0.4, -0.2) is 23.5 Å². The van der Waals surface area contributed by atoms with Gasteiger partial charge in [-0.25, -0.2) is 0 Å². The minimum atomic E-state index is -0.901. The first-order chi connectivity index (χ1) is 7.87. The highest BCUT2D eigenvalue weighted by Gasteiger charge is 2.37. The van der Waals surface area contributed by atoms with E-state index in [9.17, 15) is 9.59 Å². The number of carbonyl (C=O) groups is 2. The summed E-state index contributed by atoms with van der Waals surface area (Å²) in [4.78, 5) is 22.8. The molecular formula is C12H18N2O3. The monoisotopic (exact) mass is 238 g/mol. The van der Waals surface area contributed by atoms with Crippen molar-refractivity contribution < 1.29 is 14.7 Å². The van der Waals surface area contributed by atoms with Crippen LogP contribution in [0.5, 0.6) is 0 Å². The molecule has 0 saturated heterocycles. The molecule has 0 unspecified atom stereocenters. The van der Waals surface area contributed by atoms with Gasteiger partial charge in [0.2, 0.25) is 5.91 Å². The van der Waals surface area contributed by atoms with Crippen molar-refractivity contribution in [2.24, 2.45) is 17.3 Å². The molecule has 0 bridgehead atoms. The Morgan fingerprint density at radius 1 is 1.41 bits per heavy atom. The van der Waals surface area contributed by atoms with Crippen molar-refractivity contribution in [1.82, 2.24) is 5.32 Å². The zero-order chi connectivity index (χ0) is 13.1. The molecule has 1 saturated carbocycles. The van der Waals surface area contributed by atoms with Crippen LogP contribution < -0.4 is 5.32 Å². The topological polar surface area (TPSA) is 90.2 Å². The zero-order valence-corrected chi connectivity index (χ0v) is 10.2. The van der Waals surface area contributed by atoms with Crippen molar-refractivity contribution in [1.29, 1.82) is 5.26 Å². The molecule has 94 valence electrons. The van der Waals surface area contributed by atoms with Gasteiger partial charge in [-0.15, -0.1) is 0 Å². The number of carboxylic acids is 1. The van der Waals surface area contributed by atoms with Gasteiger partial charge in [0, 0.05) is 6.54 Å². The number of aliphatic carboxylic acids is 1. The smallest absolute Gasteiger partial charge is 0.307 e. The highest BCUT2D eigenvalue weighted by Crippen LogP contribution is 2.32. The molecule has 0 radical (unpaired) electrons. The van der Waals surface area contributed by atoms with E-state index in [0.29, 0.717) is 12.8 Å². The first-order valence-electron chi connectivity index (χ1n) is 5.79. The Labute approximate surface area is 101 Å². The summed E-state index contributed by atoms with van der Waals surface area (Å²) in [7, 11) is 0. The van der Waals surface area contributed by atoms with Crippen LogP contribution in [0.3, 0.4) is 0 Å². The highest BCUT2D eigenvalue weighted by molar-refractivity contribution is 5.85. The number of hydrogen-bond donors (Lipinski definition) is 2. The molecule has 5 nitrogen and oxygen atoms in total. The van der Waals surface area contributed by atoms with Gasteiger partial charge in [0.25, 0.3) is 0 Å². The Morgan fingerprint density at radius 3 is 2.53 bits per heavy atom. The Bertz CT molecular complexity index is 357. The second-order valence-electron chi connectivity index (χ2n) is 5.20. The SMILES string of the molecule is CC(C)(C#N)CNC(=O)[C@@H]1CCC[C@@H]1C(=O)O. The summed E-state index contributed by atoms with van der Waals surface area (Å²) in [6.07, 6.45) is 1.96. The first-order valence-corrected chi connectivity index (χ1v) is 5.79. The van der Waals surface area contributed by atoms with Crippen molar-refractivity contribution in [3.05, 3.63) is 0 Å². The molecular weight excluding hydrogens is 220 g/mol. The molecule has 1 rings (SSSR count). The van der Waals surface area contributed by atoms with Gasteiger partial charge in [0.05, 0.1) is 23.3 Å². The molecule has 0 aliphatic heterocycles. The van der Waals surface area contributed by atoms with E-state index >= 15 is 0 Å². The van der Waals surface area contributed by atoms with E-state index in [1.165, 1.54) is 0 Å². The molecule has 1 aliphatic rings. The second kappa shape index (κ2) is 5.17. The fourth-order valence-corrected chi connectivity index (χ4v) is 2.05. The molecule has 1 aliphatic carbocycles. The number of amides is 1. The maximum atomic E-state index is 11.8. The van der Waals surface area contributed by atoms with Gasteiger partial charge >= 0.3 is 5.97 Å². The number of carboxylic acid groups (broad SMARTS) is 1. The standard InChI is InChI=1S/C12H18N2O3/c1-12(2,6-13)7-14-10(15)8-4-3-5-9(8)11(16)17/h8-9H,3-5,7H2,1-2H3,(H,14,15)(H,16,17)/t8-,9+/m1/s1. The minimum absolute atomic E-state index is 0.238. The normalized spacial score (nSPS) is 24.1. The van der Waals surface area contributed by atoms with E-state index in [4.69, 9.17) is 10.4 Å². The molecule has 2 N–H and O–H groups in total. The lowest BCUT2D eigenvalue weighted by Gasteiger charge is -2.20. The first kappa shape index (κ1) is 13.5. The third-order valence-corrected chi connectivity index (χ3v) is 3.18. The van der Waals surface area contributed by atoms with Gasteiger partial charge < -0.3 is 10.4 Å². The molecule has 1 fully saturated rings. The Kier molecular flexibility index (Phi) is 4.11. The zero-order valence-electron chi connectivity index (χ0n) is 10.2. The van der Waals surface area contributed by atoms with Crippen LogP contribution in [0.2, 0.25) is 0 Å². The summed E-state index contributed by atoms with van der Waals surface area (Å²) in [5.41, 5.74) is -0.618. The van der Waals surface area contributed by atoms with Gasteiger partial charge in [0.15, 0.2) is 0 Å². The van der Waals surface area contributed by atoms with E-state index < -0.39 is 23.2 Å². The lowest BCUT2D eigenvalue weighted by Crippen LogP contribution is -2.39. The molecule has 5 heteroatoms. The number of nitrogens with zero attached hydrogens (tertiary/aromatic N) is 1. The van der Waals surface area contributed by atoms with E-state index in [1.807, 2.05) is 0 Å². The Morgan fingerprint density at radius 2 is 2.00 bits per heavy atom. The van der Waals surface area contributed by atoms with E-state index in [2.05, 4.69) is 11.4 Å². The molecule has 0 aromatic carbocycles. The summed E-state index contributed by atoms with van der Waals surface area (Å²) in [5, 5.41) is 20.5. The van der Waals surface area contributed by atoms with E-state index in [-0.39, 0.29) is 12.5 Å². The van der Waals surface area contributed by atoms with Crippen molar-refractivity contribution >= 4 is 11.9 Å². The van der Waals surface area contributed by atoms with Crippen LogP contribution in [-0.2, 0) is 9.59 Å². The number of rotatable bonds is 4. The fraction of sp³-hybridized carbons (Fsp3) is 0.750. The van der Waals surface area contributed by atoms with Crippen LogP contribution in [0, 0.1) is 28.6 Å². The molecule has 0 heterocycles. The van der Waals surface area contributed by atoms with Gasteiger partial charge in [-0.05, 0) is 26.7 Å². The second-order valence-corrected chi connectivity index (χ2v) is 5.20. The Balaban J connectivity index is 2.54. The number of nitrogens with one attached hydrogen (secondary N) is 1. The predicted octanol–water partition coefficient (Wildman–Crippen LogP) is 1.15. The lowest BCUT2D eigenvalue weighted by molar-refractivity contribution is -0.146. The quantitative estimate of drug-likeness (QED) is 0.768. The van der Waals surface area contributed by atoms with Crippen LogP contribution in [0.15, 0.2) is 0 Å². The van der Waals surface area contributed by atoms with Crippen molar-refractivity contribution in [2.75, 3.05) is 6.54 Å². The van der Waals surface area contributed by atoms with Crippen LogP contribution in [0.4, 0.5) is 0 Å². The van der Waals surface area contributed by atoms with Crippen LogP contribution in [0.1, 0.15) is 33.1 Å². The van der Waals surface area contributed by atoms with Crippen molar-refractivity contribution in [3.63, 3.8) is 0 Å². The summed E-state index contributed by atoms with van der Waals surface area (Å²) >= 11 is 0. The number of nitriles is 1. The van der Waals surface area contributed by atoms with Gasteiger partial charge in [0.1, 0.15) is 0 Å². The third kappa shape index (κ3) is 3.45. The maximum Gasteiger partial charge on any atom is 0.307 e. The molecule has 0 spiro atoms. The predicted molar refractivity (Wildman–Crippen MR) is 60.9 cm³/mol. The minimum Gasteiger partial charge on any atom is -0.481 e.